The third-order valence-corrected chi connectivity index (χ3v) is 2.29. The summed E-state index contributed by atoms with van der Waals surface area (Å²) in [7, 11) is 0. The van der Waals surface area contributed by atoms with Crippen LogP contribution in [0.1, 0.15) is 5.56 Å². The van der Waals surface area contributed by atoms with Gasteiger partial charge < -0.3 is 5.73 Å². The summed E-state index contributed by atoms with van der Waals surface area (Å²) in [6.07, 6.45) is -2.58. The Morgan fingerprint density at radius 1 is 1.31 bits per heavy atom. The largest absolute Gasteiger partial charge is 0.418 e. The first-order valence-corrected chi connectivity index (χ1v) is 4.68. The SMILES string of the molecule is CSc1ccc(C(F)(F)F)c(N)c1. The van der Waals surface area contributed by atoms with Gasteiger partial charge in [0.05, 0.1) is 5.56 Å². The number of nitrogens with two attached hydrogens (primary N) is 1. The predicted octanol–water partition coefficient (Wildman–Crippen LogP) is 3.01. The Hall–Kier alpha value is -0.840. The Bertz CT molecular complexity index is 309. The van der Waals surface area contributed by atoms with Crippen molar-refractivity contribution in [3.8, 4) is 0 Å². The standard InChI is InChI=1S/C8H8F3NS/c1-13-5-2-3-6(7(12)4-5)8(9,10)11/h2-4H,12H2,1H3. The molecule has 0 aliphatic carbocycles. The van der Waals surface area contributed by atoms with Crippen molar-refractivity contribution >= 4 is 17.4 Å². The summed E-state index contributed by atoms with van der Waals surface area (Å²) in [4.78, 5) is 0.727. The molecule has 5 heteroatoms. The van der Waals surface area contributed by atoms with Crippen LogP contribution in [0.5, 0.6) is 0 Å². The molecule has 1 aromatic rings. The highest BCUT2D eigenvalue weighted by Crippen LogP contribution is 2.34. The van der Waals surface area contributed by atoms with E-state index in [0.717, 1.165) is 11.0 Å². The van der Waals surface area contributed by atoms with Crippen molar-refractivity contribution in [2.24, 2.45) is 0 Å². The number of benzene rings is 1. The highest BCUT2D eigenvalue weighted by molar-refractivity contribution is 7.98. The molecular formula is C8H8F3NS. The lowest BCUT2D eigenvalue weighted by Gasteiger charge is -2.10. The molecule has 0 aromatic heterocycles. The average Bonchev–Trinajstić information content (AvgIpc) is 2.01. The number of halogens is 3. The van der Waals surface area contributed by atoms with Gasteiger partial charge in [-0.25, -0.2) is 0 Å². The number of hydrogen-bond donors (Lipinski definition) is 1. The van der Waals surface area contributed by atoms with Gasteiger partial charge in [-0.1, -0.05) is 0 Å². The van der Waals surface area contributed by atoms with Crippen LogP contribution in [-0.2, 0) is 6.18 Å². The predicted molar refractivity (Wildman–Crippen MR) is 47.6 cm³/mol. The van der Waals surface area contributed by atoms with Gasteiger partial charge in [0.15, 0.2) is 0 Å². The second kappa shape index (κ2) is 3.49. The summed E-state index contributed by atoms with van der Waals surface area (Å²) >= 11 is 1.35. The molecular weight excluding hydrogens is 199 g/mol. The van der Waals surface area contributed by atoms with Crippen LogP contribution in [0.2, 0.25) is 0 Å². The lowest BCUT2D eigenvalue weighted by atomic mass is 10.2. The molecule has 0 radical (unpaired) electrons. The summed E-state index contributed by atoms with van der Waals surface area (Å²) in [5.41, 5.74) is 4.25. The zero-order valence-corrected chi connectivity index (χ0v) is 7.67. The molecule has 1 rings (SSSR count). The number of thioether (sulfide) groups is 1. The Kier molecular flexibility index (Phi) is 2.75. The van der Waals surface area contributed by atoms with E-state index < -0.39 is 11.7 Å². The molecule has 0 unspecified atom stereocenters. The lowest BCUT2D eigenvalue weighted by Crippen LogP contribution is -2.08. The highest BCUT2D eigenvalue weighted by Gasteiger charge is 2.32. The fourth-order valence-electron chi connectivity index (χ4n) is 0.926. The minimum Gasteiger partial charge on any atom is -0.398 e. The quantitative estimate of drug-likeness (QED) is 0.566. The monoisotopic (exact) mass is 207 g/mol. The van der Waals surface area contributed by atoms with Crippen molar-refractivity contribution < 1.29 is 13.2 Å². The molecule has 1 aromatic carbocycles. The fraction of sp³-hybridized carbons (Fsp3) is 0.250. The van der Waals surface area contributed by atoms with Gasteiger partial charge in [0.2, 0.25) is 0 Å². The van der Waals surface area contributed by atoms with E-state index in [9.17, 15) is 13.2 Å². The summed E-state index contributed by atoms with van der Waals surface area (Å²) in [5.74, 6) is 0. The number of rotatable bonds is 1. The first kappa shape index (κ1) is 10.2. The minimum atomic E-state index is -4.36. The van der Waals surface area contributed by atoms with Crippen molar-refractivity contribution in [2.45, 2.75) is 11.1 Å². The van der Waals surface area contributed by atoms with E-state index in [1.165, 1.54) is 23.9 Å². The molecule has 0 bridgehead atoms. The molecule has 0 fully saturated rings. The van der Waals surface area contributed by atoms with E-state index in [1.807, 2.05) is 0 Å². The van der Waals surface area contributed by atoms with Gasteiger partial charge in [-0.15, -0.1) is 11.8 Å². The molecule has 2 N–H and O–H groups in total. The summed E-state index contributed by atoms with van der Waals surface area (Å²) in [6, 6.07) is 3.73. The molecule has 0 spiro atoms. The molecule has 0 heterocycles. The minimum absolute atomic E-state index is 0.223. The number of alkyl halides is 3. The molecule has 72 valence electrons. The van der Waals surface area contributed by atoms with Crippen molar-refractivity contribution in [3.05, 3.63) is 23.8 Å². The van der Waals surface area contributed by atoms with Gasteiger partial charge >= 0.3 is 6.18 Å². The first-order valence-electron chi connectivity index (χ1n) is 3.46. The number of anilines is 1. The molecule has 13 heavy (non-hydrogen) atoms. The van der Waals surface area contributed by atoms with Crippen LogP contribution in [0, 0.1) is 0 Å². The highest BCUT2D eigenvalue weighted by atomic mass is 32.2. The van der Waals surface area contributed by atoms with Crippen molar-refractivity contribution in [1.29, 1.82) is 0 Å². The molecule has 0 atom stereocenters. The van der Waals surface area contributed by atoms with Gasteiger partial charge in [0.1, 0.15) is 0 Å². The zero-order valence-electron chi connectivity index (χ0n) is 6.85. The molecule has 0 aliphatic rings. The van der Waals surface area contributed by atoms with Crippen molar-refractivity contribution in [2.75, 3.05) is 12.0 Å². The average molecular weight is 207 g/mol. The third-order valence-electron chi connectivity index (χ3n) is 1.56. The maximum Gasteiger partial charge on any atom is 0.418 e. The van der Waals surface area contributed by atoms with Crippen molar-refractivity contribution in [3.63, 3.8) is 0 Å². The number of nitrogen functional groups attached to an aromatic ring is 1. The first-order chi connectivity index (χ1) is 5.95. The molecule has 0 amide bonds. The Morgan fingerprint density at radius 3 is 2.31 bits per heavy atom. The van der Waals surface area contributed by atoms with E-state index in [0.29, 0.717) is 0 Å². The second-order valence-electron chi connectivity index (χ2n) is 2.45. The Labute approximate surface area is 78.1 Å². The van der Waals surface area contributed by atoms with Crippen LogP contribution < -0.4 is 5.73 Å². The van der Waals surface area contributed by atoms with E-state index in [4.69, 9.17) is 5.73 Å². The molecule has 1 nitrogen and oxygen atoms in total. The van der Waals surface area contributed by atoms with Gasteiger partial charge in [-0.05, 0) is 24.5 Å². The van der Waals surface area contributed by atoms with Crippen LogP contribution in [0.25, 0.3) is 0 Å². The van der Waals surface area contributed by atoms with Crippen molar-refractivity contribution in [1.82, 2.24) is 0 Å². The normalized spacial score (nSPS) is 11.7. The van der Waals surface area contributed by atoms with E-state index in [1.54, 1.807) is 6.26 Å². The maximum absolute atomic E-state index is 12.2. The molecule has 0 saturated carbocycles. The summed E-state index contributed by atoms with van der Waals surface area (Å²) in [6.45, 7) is 0. The van der Waals surface area contributed by atoms with Gasteiger partial charge in [-0.2, -0.15) is 13.2 Å². The van der Waals surface area contributed by atoms with Crippen LogP contribution in [-0.4, -0.2) is 6.26 Å². The van der Waals surface area contributed by atoms with E-state index in [2.05, 4.69) is 0 Å². The van der Waals surface area contributed by atoms with E-state index >= 15 is 0 Å². The molecule has 0 aliphatic heterocycles. The molecule has 0 saturated heterocycles. The van der Waals surface area contributed by atoms with Crippen LogP contribution in [0.4, 0.5) is 18.9 Å². The summed E-state index contributed by atoms with van der Waals surface area (Å²) in [5, 5.41) is 0. The number of hydrogen-bond acceptors (Lipinski definition) is 2. The van der Waals surface area contributed by atoms with E-state index in [-0.39, 0.29) is 5.69 Å². The zero-order chi connectivity index (χ0) is 10.1. The topological polar surface area (TPSA) is 26.0 Å². The Morgan fingerprint density at radius 2 is 1.92 bits per heavy atom. The maximum atomic E-state index is 12.2. The van der Waals surface area contributed by atoms with Gasteiger partial charge in [0, 0.05) is 10.6 Å². The van der Waals surface area contributed by atoms with Crippen LogP contribution in [0.3, 0.4) is 0 Å². The Balaban J connectivity index is 3.13. The van der Waals surface area contributed by atoms with Crippen LogP contribution >= 0.6 is 11.8 Å². The lowest BCUT2D eigenvalue weighted by molar-refractivity contribution is -0.136. The fourth-order valence-corrected chi connectivity index (χ4v) is 1.37. The van der Waals surface area contributed by atoms with Crippen LogP contribution in [0.15, 0.2) is 23.1 Å². The van der Waals surface area contributed by atoms with Gasteiger partial charge in [0.25, 0.3) is 0 Å². The van der Waals surface area contributed by atoms with Gasteiger partial charge in [-0.3, -0.25) is 0 Å². The second-order valence-corrected chi connectivity index (χ2v) is 3.33. The smallest absolute Gasteiger partial charge is 0.398 e. The summed E-state index contributed by atoms with van der Waals surface area (Å²) < 4.78 is 36.6. The third kappa shape index (κ3) is 2.30.